The Hall–Kier alpha value is -2.04. The standard InChI is InChI=1S/C11H14N2O7S/c1-7(14)6-12(2)21(19,20)10-4-3-8(13(17)18)5-9(10)11(15)16/h3-5,7,14H,6H2,1-2H3,(H,15,16). The van der Waals surface area contributed by atoms with Gasteiger partial charge in [-0.2, -0.15) is 4.31 Å². The number of benzene rings is 1. The number of aliphatic hydroxyl groups is 1. The number of hydrogen-bond donors (Lipinski definition) is 2. The maximum Gasteiger partial charge on any atom is 0.337 e. The fourth-order valence-corrected chi connectivity index (χ4v) is 3.07. The van der Waals surface area contributed by atoms with Gasteiger partial charge < -0.3 is 10.2 Å². The van der Waals surface area contributed by atoms with Crippen molar-refractivity contribution in [3.8, 4) is 0 Å². The van der Waals surface area contributed by atoms with E-state index in [9.17, 15) is 28.4 Å². The number of aliphatic hydroxyl groups excluding tert-OH is 1. The maximum atomic E-state index is 12.3. The third-order valence-corrected chi connectivity index (χ3v) is 4.50. The van der Waals surface area contributed by atoms with Gasteiger partial charge in [-0.15, -0.1) is 0 Å². The Balaban J connectivity index is 3.42. The summed E-state index contributed by atoms with van der Waals surface area (Å²) in [4.78, 5) is 20.4. The van der Waals surface area contributed by atoms with Crippen LogP contribution in [-0.2, 0) is 10.0 Å². The molecule has 1 aromatic rings. The summed E-state index contributed by atoms with van der Waals surface area (Å²) in [5, 5.41) is 28.9. The molecule has 0 heterocycles. The Labute approximate surface area is 120 Å². The number of carboxylic acids is 1. The zero-order valence-electron chi connectivity index (χ0n) is 11.3. The van der Waals surface area contributed by atoms with Crippen molar-refractivity contribution in [2.45, 2.75) is 17.9 Å². The predicted molar refractivity (Wildman–Crippen MR) is 71.6 cm³/mol. The number of hydrogen-bond acceptors (Lipinski definition) is 6. The number of carbonyl (C=O) groups is 1. The number of likely N-dealkylation sites (N-methyl/N-ethyl adjacent to an activating group) is 1. The molecule has 0 aromatic heterocycles. The fraction of sp³-hybridized carbons (Fsp3) is 0.364. The third-order valence-electron chi connectivity index (χ3n) is 2.61. The highest BCUT2D eigenvalue weighted by Gasteiger charge is 2.29. The largest absolute Gasteiger partial charge is 0.478 e. The number of carboxylic acid groups (broad SMARTS) is 1. The van der Waals surface area contributed by atoms with Crippen molar-refractivity contribution < 1.29 is 28.3 Å². The predicted octanol–water partition coefficient (Wildman–Crippen LogP) is 0.294. The van der Waals surface area contributed by atoms with Crippen LogP contribution in [0.15, 0.2) is 23.1 Å². The minimum Gasteiger partial charge on any atom is -0.478 e. The van der Waals surface area contributed by atoms with Gasteiger partial charge in [-0.3, -0.25) is 10.1 Å². The van der Waals surface area contributed by atoms with Crippen molar-refractivity contribution in [3.63, 3.8) is 0 Å². The van der Waals surface area contributed by atoms with Gasteiger partial charge >= 0.3 is 5.97 Å². The molecule has 0 aliphatic rings. The highest BCUT2D eigenvalue weighted by Crippen LogP contribution is 2.24. The van der Waals surface area contributed by atoms with E-state index in [2.05, 4.69) is 0 Å². The first-order valence-electron chi connectivity index (χ1n) is 5.73. The molecule has 0 aliphatic heterocycles. The zero-order chi connectivity index (χ0) is 16.4. The van der Waals surface area contributed by atoms with E-state index in [0.29, 0.717) is 6.07 Å². The molecule has 0 bridgehead atoms. The summed E-state index contributed by atoms with van der Waals surface area (Å²) < 4.78 is 25.3. The summed E-state index contributed by atoms with van der Waals surface area (Å²) in [7, 11) is -3.01. The number of non-ortho nitro benzene ring substituents is 1. The van der Waals surface area contributed by atoms with E-state index >= 15 is 0 Å². The van der Waals surface area contributed by atoms with Gasteiger partial charge in [-0.25, -0.2) is 13.2 Å². The van der Waals surface area contributed by atoms with Crippen LogP contribution in [0.2, 0.25) is 0 Å². The number of nitro groups is 1. The Morgan fingerprint density at radius 3 is 2.48 bits per heavy atom. The van der Waals surface area contributed by atoms with Crippen molar-refractivity contribution in [2.75, 3.05) is 13.6 Å². The SMILES string of the molecule is CC(O)CN(C)S(=O)(=O)c1ccc([N+](=O)[O-])cc1C(=O)O. The van der Waals surface area contributed by atoms with Crippen LogP contribution < -0.4 is 0 Å². The minimum absolute atomic E-state index is 0.238. The molecular formula is C11H14N2O7S. The summed E-state index contributed by atoms with van der Waals surface area (Å²) in [6, 6.07) is 2.47. The molecule has 1 unspecified atom stereocenters. The lowest BCUT2D eigenvalue weighted by Gasteiger charge is -2.19. The molecule has 0 spiro atoms. The molecule has 0 amide bonds. The number of nitro benzene ring substituents is 1. The maximum absolute atomic E-state index is 12.3. The highest BCUT2D eigenvalue weighted by atomic mass is 32.2. The van der Waals surface area contributed by atoms with Crippen LogP contribution in [0.3, 0.4) is 0 Å². The molecule has 9 nitrogen and oxygen atoms in total. The van der Waals surface area contributed by atoms with Crippen LogP contribution in [0.1, 0.15) is 17.3 Å². The normalized spacial score (nSPS) is 13.1. The molecule has 0 saturated carbocycles. The molecule has 1 rings (SSSR count). The zero-order valence-corrected chi connectivity index (χ0v) is 12.1. The summed E-state index contributed by atoms with van der Waals surface area (Å²) in [6.45, 7) is 1.14. The van der Waals surface area contributed by atoms with Gasteiger partial charge in [0.2, 0.25) is 10.0 Å². The second kappa shape index (κ2) is 6.16. The molecule has 21 heavy (non-hydrogen) atoms. The van der Waals surface area contributed by atoms with Crippen molar-refractivity contribution in [3.05, 3.63) is 33.9 Å². The highest BCUT2D eigenvalue weighted by molar-refractivity contribution is 7.89. The molecule has 116 valence electrons. The minimum atomic E-state index is -4.18. The molecular weight excluding hydrogens is 304 g/mol. The number of nitrogens with zero attached hydrogens (tertiary/aromatic N) is 2. The van der Waals surface area contributed by atoms with E-state index in [1.165, 1.54) is 14.0 Å². The molecule has 2 N–H and O–H groups in total. The Morgan fingerprint density at radius 2 is 2.05 bits per heavy atom. The van der Waals surface area contributed by atoms with Crippen molar-refractivity contribution >= 4 is 21.7 Å². The first-order chi connectivity index (χ1) is 9.57. The van der Waals surface area contributed by atoms with Gasteiger partial charge in [0.25, 0.3) is 5.69 Å². The topological polar surface area (TPSA) is 138 Å². The van der Waals surface area contributed by atoms with Gasteiger partial charge in [0, 0.05) is 25.7 Å². The average Bonchev–Trinajstić information content (AvgIpc) is 2.36. The Kier molecular flexibility index (Phi) is 4.99. The quantitative estimate of drug-likeness (QED) is 0.568. The first-order valence-corrected chi connectivity index (χ1v) is 7.17. The van der Waals surface area contributed by atoms with Crippen LogP contribution in [0, 0.1) is 10.1 Å². The van der Waals surface area contributed by atoms with E-state index in [1.54, 1.807) is 0 Å². The van der Waals surface area contributed by atoms with Gasteiger partial charge in [0.05, 0.1) is 21.5 Å². The first kappa shape index (κ1) is 17.0. The molecule has 0 fully saturated rings. The van der Waals surface area contributed by atoms with E-state index in [-0.39, 0.29) is 6.54 Å². The number of sulfonamides is 1. The average molecular weight is 318 g/mol. The van der Waals surface area contributed by atoms with E-state index < -0.39 is 43.2 Å². The Bertz CT molecular complexity index is 669. The smallest absolute Gasteiger partial charge is 0.337 e. The van der Waals surface area contributed by atoms with Crippen LogP contribution in [0.5, 0.6) is 0 Å². The lowest BCUT2D eigenvalue weighted by Crippen LogP contribution is -2.34. The van der Waals surface area contributed by atoms with Gasteiger partial charge in [0.1, 0.15) is 0 Å². The van der Waals surface area contributed by atoms with Crippen LogP contribution in [0.25, 0.3) is 0 Å². The monoisotopic (exact) mass is 318 g/mol. The van der Waals surface area contributed by atoms with Crippen molar-refractivity contribution in [2.24, 2.45) is 0 Å². The molecule has 0 aliphatic carbocycles. The van der Waals surface area contributed by atoms with Gasteiger partial charge in [-0.1, -0.05) is 0 Å². The van der Waals surface area contributed by atoms with E-state index in [4.69, 9.17) is 5.11 Å². The molecule has 10 heteroatoms. The fourth-order valence-electron chi connectivity index (χ4n) is 1.66. The van der Waals surface area contributed by atoms with Crippen LogP contribution in [0.4, 0.5) is 5.69 Å². The van der Waals surface area contributed by atoms with Crippen molar-refractivity contribution in [1.29, 1.82) is 0 Å². The summed E-state index contributed by atoms with van der Waals surface area (Å²) in [5.41, 5.74) is -1.22. The van der Waals surface area contributed by atoms with E-state index in [0.717, 1.165) is 16.4 Å². The molecule has 1 atom stereocenters. The van der Waals surface area contributed by atoms with Gasteiger partial charge in [-0.05, 0) is 13.0 Å². The summed E-state index contributed by atoms with van der Waals surface area (Å²) in [6.07, 6.45) is -0.948. The molecule has 0 saturated heterocycles. The lowest BCUT2D eigenvalue weighted by molar-refractivity contribution is -0.384. The van der Waals surface area contributed by atoms with Crippen molar-refractivity contribution in [1.82, 2.24) is 4.31 Å². The van der Waals surface area contributed by atoms with Crippen LogP contribution in [-0.4, -0.2) is 53.5 Å². The second-order valence-electron chi connectivity index (χ2n) is 4.38. The number of rotatable bonds is 6. The third kappa shape index (κ3) is 3.74. The van der Waals surface area contributed by atoms with E-state index in [1.807, 2.05) is 0 Å². The summed E-state index contributed by atoms with van der Waals surface area (Å²) >= 11 is 0. The second-order valence-corrected chi connectivity index (χ2v) is 6.39. The summed E-state index contributed by atoms with van der Waals surface area (Å²) in [5.74, 6) is -1.59. The van der Waals surface area contributed by atoms with Gasteiger partial charge in [0.15, 0.2) is 0 Å². The molecule has 1 aromatic carbocycles. The lowest BCUT2D eigenvalue weighted by atomic mass is 10.2. The number of aromatic carboxylic acids is 1. The van der Waals surface area contributed by atoms with Crippen LogP contribution >= 0.6 is 0 Å². The molecule has 0 radical (unpaired) electrons. The Morgan fingerprint density at radius 1 is 1.48 bits per heavy atom.